The lowest BCUT2D eigenvalue weighted by atomic mass is 10.1. The molecule has 0 fully saturated rings. The van der Waals surface area contributed by atoms with Crippen molar-refractivity contribution in [2.75, 3.05) is 21.3 Å². The van der Waals surface area contributed by atoms with Crippen molar-refractivity contribution in [1.82, 2.24) is 10.3 Å². The maximum Gasteiger partial charge on any atom is 0.304 e. The van der Waals surface area contributed by atoms with Crippen LogP contribution in [0.3, 0.4) is 0 Å². The van der Waals surface area contributed by atoms with Crippen molar-refractivity contribution >= 4 is 11.3 Å². The zero-order valence-electron chi connectivity index (χ0n) is 12.2. The number of aromatic nitrogens is 1. The first-order valence-electron chi connectivity index (χ1n) is 6.34. The number of hydrogen-bond acceptors (Lipinski definition) is 6. The van der Waals surface area contributed by atoms with E-state index in [9.17, 15) is 4.79 Å². The molecule has 2 aromatic rings. The van der Waals surface area contributed by atoms with Crippen LogP contribution < -0.4 is 24.4 Å². The summed E-state index contributed by atoms with van der Waals surface area (Å²) in [6.07, 6.45) is 0. The summed E-state index contributed by atoms with van der Waals surface area (Å²) in [5, 5.41) is 5.06. The molecular formula is C14H18N2O4S. The van der Waals surface area contributed by atoms with Crippen LogP contribution in [-0.2, 0) is 13.1 Å². The highest BCUT2D eigenvalue weighted by molar-refractivity contribution is 7.07. The normalized spacial score (nSPS) is 10.4. The van der Waals surface area contributed by atoms with E-state index in [4.69, 9.17) is 14.2 Å². The van der Waals surface area contributed by atoms with Crippen LogP contribution in [0.15, 0.2) is 22.3 Å². The zero-order chi connectivity index (χ0) is 15.2. The lowest BCUT2D eigenvalue weighted by Crippen LogP contribution is -2.14. The number of thiazole rings is 1. The van der Waals surface area contributed by atoms with Gasteiger partial charge in [-0.2, -0.15) is 0 Å². The highest BCUT2D eigenvalue weighted by Crippen LogP contribution is 2.34. The van der Waals surface area contributed by atoms with E-state index in [1.807, 2.05) is 6.07 Å². The monoisotopic (exact) mass is 310 g/mol. The van der Waals surface area contributed by atoms with Crippen molar-refractivity contribution < 1.29 is 14.2 Å². The minimum absolute atomic E-state index is 0.0458. The third-order valence-corrected chi connectivity index (χ3v) is 3.71. The van der Waals surface area contributed by atoms with Crippen LogP contribution in [0, 0.1) is 0 Å². The molecule has 6 nitrogen and oxygen atoms in total. The van der Waals surface area contributed by atoms with E-state index in [1.165, 1.54) is 0 Å². The molecule has 1 heterocycles. The second-order valence-electron chi connectivity index (χ2n) is 4.30. The summed E-state index contributed by atoms with van der Waals surface area (Å²) in [5.74, 6) is 2.00. The Bertz CT molecular complexity index is 651. The highest BCUT2D eigenvalue weighted by Gasteiger charge is 2.11. The van der Waals surface area contributed by atoms with Crippen LogP contribution >= 0.6 is 11.3 Å². The molecule has 0 spiro atoms. The Balaban J connectivity index is 2.09. The summed E-state index contributed by atoms with van der Waals surface area (Å²) in [5.41, 5.74) is 1.82. The average Bonchev–Trinajstić information content (AvgIpc) is 2.92. The van der Waals surface area contributed by atoms with E-state index in [-0.39, 0.29) is 4.87 Å². The molecule has 7 heteroatoms. The van der Waals surface area contributed by atoms with Crippen molar-refractivity contribution in [3.8, 4) is 17.2 Å². The Hall–Kier alpha value is -1.99. The Labute approximate surface area is 126 Å². The third-order valence-electron chi connectivity index (χ3n) is 2.99. The standard InChI is InChI=1S/C14H18N2O4S/c1-18-11-5-13(20-3)12(19-2)4-9(11)6-15-7-10-8-21-14(17)16-10/h4-5,8,15H,6-7H2,1-3H3,(H,16,17). The van der Waals surface area contributed by atoms with Crippen LogP contribution in [0.5, 0.6) is 17.2 Å². The molecule has 2 rings (SSSR count). The molecule has 0 bridgehead atoms. The van der Waals surface area contributed by atoms with Crippen LogP contribution in [0.2, 0.25) is 0 Å². The van der Waals surface area contributed by atoms with Crippen LogP contribution in [0.1, 0.15) is 11.3 Å². The van der Waals surface area contributed by atoms with Gasteiger partial charge >= 0.3 is 4.87 Å². The number of nitrogens with one attached hydrogen (secondary N) is 2. The fourth-order valence-electron chi connectivity index (χ4n) is 1.96. The number of aromatic amines is 1. The van der Waals surface area contributed by atoms with Crippen LogP contribution in [-0.4, -0.2) is 26.3 Å². The molecule has 0 amide bonds. The van der Waals surface area contributed by atoms with E-state index in [0.29, 0.717) is 24.6 Å². The fourth-order valence-corrected chi connectivity index (χ4v) is 2.54. The molecule has 0 atom stereocenters. The van der Waals surface area contributed by atoms with Crippen molar-refractivity contribution in [2.24, 2.45) is 0 Å². The number of H-pyrrole nitrogens is 1. The van der Waals surface area contributed by atoms with Gasteiger partial charge in [-0.1, -0.05) is 11.3 Å². The van der Waals surface area contributed by atoms with Crippen LogP contribution in [0.4, 0.5) is 0 Å². The predicted octanol–water partition coefficient (Wildman–Crippen LogP) is 1.75. The van der Waals surface area contributed by atoms with Crippen molar-refractivity contribution in [2.45, 2.75) is 13.1 Å². The van der Waals surface area contributed by atoms with Gasteiger partial charge in [0.2, 0.25) is 0 Å². The molecule has 0 saturated carbocycles. The van der Waals surface area contributed by atoms with Crippen molar-refractivity contribution in [1.29, 1.82) is 0 Å². The summed E-state index contributed by atoms with van der Waals surface area (Å²) in [6, 6.07) is 3.67. The van der Waals surface area contributed by atoms with Gasteiger partial charge in [0, 0.05) is 35.8 Å². The van der Waals surface area contributed by atoms with Gasteiger partial charge in [-0.3, -0.25) is 4.79 Å². The molecular weight excluding hydrogens is 292 g/mol. The maximum atomic E-state index is 11.1. The first kappa shape index (κ1) is 15.4. The Morgan fingerprint density at radius 2 is 1.71 bits per heavy atom. The lowest BCUT2D eigenvalue weighted by Gasteiger charge is -2.14. The van der Waals surface area contributed by atoms with Crippen LogP contribution in [0.25, 0.3) is 0 Å². The number of hydrogen-bond donors (Lipinski definition) is 2. The molecule has 0 radical (unpaired) electrons. The number of methoxy groups -OCH3 is 3. The SMILES string of the molecule is COc1cc(OC)c(OC)cc1CNCc1csc(=O)[nH]1. The summed E-state index contributed by atoms with van der Waals surface area (Å²) in [6.45, 7) is 1.16. The summed E-state index contributed by atoms with van der Waals surface area (Å²) in [7, 11) is 4.79. The quantitative estimate of drug-likeness (QED) is 0.815. The summed E-state index contributed by atoms with van der Waals surface area (Å²) < 4.78 is 15.9. The molecule has 1 aromatic carbocycles. The number of benzene rings is 1. The first-order valence-corrected chi connectivity index (χ1v) is 7.22. The molecule has 114 valence electrons. The van der Waals surface area contributed by atoms with Gasteiger partial charge in [0.1, 0.15) is 5.75 Å². The molecule has 2 N–H and O–H groups in total. The second-order valence-corrected chi connectivity index (χ2v) is 5.14. The Kier molecular flexibility index (Phi) is 5.24. The van der Waals surface area contributed by atoms with Gasteiger partial charge in [0.05, 0.1) is 21.3 Å². The molecule has 0 saturated heterocycles. The minimum Gasteiger partial charge on any atom is -0.496 e. The van der Waals surface area contributed by atoms with E-state index in [2.05, 4.69) is 10.3 Å². The Morgan fingerprint density at radius 1 is 1.05 bits per heavy atom. The maximum absolute atomic E-state index is 11.1. The third kappa shape index (κ3) is 3.77. The minimum atomic E-state index is -0.0458. The molecule has 1 aromatic heterocycles. The van der Waals surface area contributed by atoms with Gasteiger partial charge in [0.25, 0.3) is 0 Å². The average molecular weight is 310 g/mol. The van der Waals surface area contributed by atoms with Gasteiger partial charge < -0.3 is 24.5 Å². The first-order chi connectivity index (χ1) is 10.2. The van der Waals surface area contributed by atoms with E-state index in [0.717, 1.165) is 28.3 Å². The van der Waals surface area contributed by atoms with Gasteiger partial charge in [-0.25, -0.2) is 0 Å². The van der Waals surface area contributed by atoms with E-state index in [1.54, 1.807) is 32.8 Å². The fraction of sp³-hybridized carbons (Fsp3) is 0.357. The van der Waals surface area contributed by atoms with Gasteiger partial charge in [0.15, 0.2) is 11.5 Å². The highest BCUT2D eigenvalue weighted by atomic mass is 32.1. The largest absolute Gasteiger partial charge is 0.496 e. The predicted molar refractivity (Wildman–Crippen MR) is 81.6 cm³/mol. The number of rotatable bonds is 7. The van der Waals surface area contributed by atoms with Gasteiger partial charge in [-0.15, -0.1) is 0 Å². The molecule has 21 heavy (non-hydrogen) atoms. The smallest absolute Gasteiger partial charge is 0.304 e. The van der Waals surface area contributed by atoms with Gasteiger partial charge in [-0.05, 0) is 6.07 Å². The van der Waals surface area contributed by atoms with E-state index < -0.39 is 0 Å². The Morgan fingerprint density at radius 3 is 2.29 bits per heavy atom. The second kappa shape index (κ2) is 7.14. The summed E-state index contributed by atoms with van der Waals surface area (Å²) >= 11 is 1.16. The van der Waals surface area contributed by atoms with Crippen molar-refractivity contribution in [3.63, 3.8) is 0 Å². The molecule has 0 unspecified atom stereocenters. The lowest BCUT2D eigenvalue weighted by molar-refractivity contribution is 0.347. The van der Waals surface area contributed by atoms with E-state index >= 15 is 0 Å². The topological polar surface area (TPSA) is 72.6 Å². The number of ether oxygens (including phenoxy) is 3. The molecule has 0 aliphatic rings. The zero-order valence-corrected chi connectivity index (χ0v) is 13.0. The molecule has 0 aliphatic carbocycles. The summed E-state index contributed by atoms with van der Waals surface area (Å²) in [4.78, 5) is 13.8. The molecule has 0 aliphatic heterocycles. The van der Waals surface area contributed by atoms with Crippen molar-refractivity contribution in [3.05, 3.63) is 38.4 Å².